The van der Waals surface area contributed by atoms with Gasteiger partial charge in [0.25, 0.3) is 0 Å². The number of hydrogen-bond acceptors (Lipinski definition) is 2. The van der Waals surface area contributed by atoms with Crippen molar-refractivity contribution < 1.29 is 29.8 Å². The van der Waals surface area contributed by atoms with Crippen LogP contribution < -0.4 is 9.97 Å². The second-order valence-corrected chi connectivity index (χ2v) is 10.1. The van der Waals surface area contributed by atoms with E-state index in [0.717, 1.165) is 78.3 Å². The Balaban J connectivity index is 1.84. The van der Waals surface area contributed by atoms with Crippen molar-refractivity contribution in [3.63, 3.8) is 0 Å². The van der Waals surface area contributed by atoms with Crippen molar-refractivity contribution >= 4 is 56.3 Å². The number of aromatic nitrogens is 4. The topological polar surface area (TPSA) is 134 Å². The van der Waals surface area contributed by atoms with Crippen molar-refractivity contribution in [2.45, 2.75) is 53.4 Å². The molecule has 38 heavy (non-hydrogen) atoms. The Kier molecular flexibility index (Phi) is 6.48. The molecule has 194 valence electrons. The van der Waals surface area contributed by atoms with Crippen LogP contribution in [0.5, 0.6) is 0 Å². The summed E-state index contributed by atoms with van der Waals surface area (Å²) >= 11 is 0. The summed E-state index contributed by atoms with van der Waals surface area (Å²) < 4.78 is 0. The maximum Gasteiger partial charge on any atom is 0.303 e. The fourth-order valence-electron chi connectivity index (χ4n) is 5.26. The van der Waals surface area contributed by atoms with Crippen molar-refractivity contribution in [1.29, 1.82) is 0 Å². The average Bonchev–Trinajstić information content (AvgIpc) is 3.53. The summed E-state index contributed by atoms with van der Waals surface area (Å²) in [6, 6.07) is 12.4. The number of carboxylic acid groups (broad SMARTS) is 2. The Hall–Kier alpha value is -4.46. The number of aryl methyl sites for hydroxylation is 2. The molecule has 8 heteroatoms. The van der Waals surface area contributed by atoms with E-state index in [1.807, 2.05) is 26.0 Å². The number of hydrogen-bond donors (Lipinski definition) is 4. The summed E-state index contributed by atoms with van der Waals surface area (Å²) in [5.74, 6) is -1.70. The van der Waals surface area contributed by atoms with Gasteiger partial charge in [-0.3, -0.25) is 9.59 Å². The lowest BCUT2D eigenvalue weighted by Crippen LogP contribution is -2.11. The predicted molar refractivity (Wildman–Crippen MR) is 147 cm³/mol. The normalized spacial score (nSPS) is 13.4. The van der Waals surface area contributed by atoms with Crippen molar-refractivity contribution in [2.24, 2.45) is 0 Å². The minimum atomic E-state index is -0.851. The van der Waals surface area contributed by atoms with Crippen LogP contribution in [0.3, 0.4) is 0 Å². The standard InChI is InChI=1S/C30H30N4O4/c1-15-9-20-12-25-17(3)21(5-7-29(35)36)27(33-25)14-28-22(6-8-30(37)38)18(4)26(34-28)13-24-16(2)10-19(32-24)11-23(15)31-20/h9-14,31-32H,5-8H2,1-4H3,(H,35,36)(H,37,38)/p+2. The monoisotopic (exact) mass is 512 g/mol. The number of fused-ring (bicyclic) bond motifs is 8. The number of H-pyrrole nitrogens is 4. The van der Waals surface area contributed by atoms with E-state index in [2.05, 4.69) is 58.0 Å². The molecule has 0 spiro atoms. The Morgan fingerprint density at radius 3 is 1.58 bits per heavy atom. The summed E-state index contributed by atoms with van der Waals surface area (Å²) in [7, 11) is 0. The fourth-order valence-corrected chi connectivity index (χ4v) is 5.26. The van der Waals surface area contributed by atoms with Crippen molar-refractivity contribution in [2.75, 3.05) is 0 Å². The molecular weight excluding hydrogens is 480 g/mol. The van der Waals surface area contributed by atoms with Crippen LogP contribution in [-0.2, 0) is 9.59 Å². The Labute approximate surface area is 219 Å². The number of carboxylic acids is 2. The van der Waals surface area contributed by atoms with Crippen molar-refractivity contribution in [3.05, 3.63) is 70.3 Å². The molecule has 0 radical (unpaired) electrons. The van der Waals surface area contributed by atoms with Gasteiger partial charge in [0.2, 0.25) is 22.8 Å². The Bertz CT molecular complexity index is 1720. The summed E-state index contributed by atoms with van der Waals surface area (Å²) in [4.78, 5) is 36.9. The number of carbonyl (C=O) groups is 2. The minimum absolute atomic E-state index is 0.0164. The van der Waals surface area contributed by atoms with E-state index in [0.29, 0.717) is 12.8 Å². The largest absolute Gasteiger partial charge is 0.481 e. The predicted octanol–water partition coefficient (Wildman–Crippen LogP) is 5.36. The highest BCUT2D eigenvalue weighted by Crippen LogP contribution is 2.34. The third-order valence-electron chi connectivity index (χ3n) is 7.41. The van der Waals surface area contributed by atoms with Gasteiger partial charge < -0.3 is 20.2 Å². The molecule has 5 rings (SSSR count). The number of aromatic amines is 4. The summed E-state index contributed by atoms with van der Waals surface area (Å²) in [6.07, 6.45) is 0.798. The molecule has 0 atom stereocenters. The lowest BCUT2D eigenvalue weighted by atomic mass is 9.98. The van der Waals surface area contributed by atoms with Gasteiger partial charge in [-0.05, 0) is 69.9 Å². The molecule has 6 N–H and O–H groups in total. The number of nitrogens with one attached hydrogen (secondary N) is 4. The maximum absolute atomic E-state index is 11.4. The minimum Gasteiger partial charge on any atom is -0.481 e. The zero-order valence-corrected chi connectivity index (χ0v) is 22.0. The van der Waals surface area contributed by atoms with Gasteiger partial charge in [0.1, 0.15) is 0 Å². The zero-order valence-electron chi connectivity index (χ0n) is 22.0. The molecule has 8 nitrogen and oxygen atoms in total. The van der Waals surface area contributed by atoms with E-state index in [9.17, 15) is 19.8 Å². The summed E-state index contributed by atoms with van der Waals surface area (Å²) in [5.41, 5.74) is 13.4. The van der Waals surface area contributed by atoms with Gasteiger partial charge in [-0.1, -0.05) is 0 Å². The van der Waals surface area contributed by atoms with Gasteiger partial charge in [-0.25, -0.2) is 9.97 Å². The van der Waals surface area contributed by atoms with Crippen LogP contribution in [0.1, 0.15) is 73.4 Å². The van der Waals surface area contributed by atoms with E-state index in [-0.39, 0.29) is 12.8 Å². The molecule has 0 aromatic carbocycles. The van der Waals surface area contributed by atoms with Crippen LogP contribution >= 0.6 is 0 Å². The van der Waals surface area contributed by atoms with E-state index in [4.69, 9.17) is 0 Å². The van der Waals surface area contributed by atoms with Gasteiger partial charge >= 0.3 is 11.9 Å². The summed E-state index contributed by atoms with van der Waals surface area (Å²) in [5, 5.41) is 18.8. The second kappa shape index (κ2) is 9.78. The molecule has 0 saturated heterocycles. The number of rotatable bonds is 6. The lowest BCUT2D eigenvalue weighted by molar-refractivity contribution is -0.388. The molecule has 0 unspecified atom stereocenters. The fraction of sp³-hybridized carbons (Fsp3) is 0.267. The van der Waals surface area contributed by atoms with Gasteiger partial charge in [-0.15, -0.1) is 0 Å². The molecule has 0 saturated carbocycles. The summed E-state index contributed by atoms with van der Waals surface area (Å²) in [6.45, 7) is 8.13. The first-order valence-corrected chi connectivity index (χ1v) is 12.7. The molecule has 0 aliphatic carbocycles. The van der Waals surface area contributed by atoms with Gasteiger partial charge in [0, 0.05) is 69.3 Å². The average molecular weight is 513 g/mol. The van der Waals surface area contributed by atoms with E-state index < -0.39 is 11.9 Å². The third kappa shape index (κ3) is 4.89. The van der Waals surface area contributed by atoms with Crippen LogP contribution in [0.15, 0.2) is 36.4 Å². The number of aliphatic carboxylic acids is 2. The van der Waals surface area contributed by atoms with Crippen molar-refractivity contribution in [1.82, 2.24) is 9.97 Å². The third-order valence-corrected chi connectivity index (χ3v) is 7.41. The highest BCUT2D eigenvalue weighted by atomic mass is 16.4. The smallest absolute Gasteiger partial charge is 0.303 e. The van der Waals surface area contributed by atoms with E-state index in [1.54, 1.807) is 0 Å². The zero-order chi connectivity index (χ0) is 27.1. The molecular formula is C30H32N4O4+2. The molecule has 0 amide bonds. The van der Waals surface area contributed by atoms with Crippen molar-refractivity contribution in [3.8, 4) is 0 Å². The molecule has 3 aromatic rings. The Morgan fingerprint density at radius 1 is 0.632 bits per heavy atom. The molecule has 0 fully saturated rings. The second-order valence-electron chi connectivity index (χ2n) is 10.1. The van der Waals surface area contributed by atoms with Crippen LogP contribution in [0, 0.1) is 13.8 Å². The SMILES string of the molecule is CC1=C(CCC(=O)O)c2cc3[nH+]c(cc4[nH]c(cc4C)cc4[nH]c(cc1[nH+]2)cc4C)C(C)=C3CCC(=O)O. The first kappa shape index (κ1) is 25.2. The number of allylic oxidation sites excluding steroid dienone is 4. The van der Waals surface area contributed by atoms with Crippen LogP contribution in [0.2, 0.25) is 0 Å². The first-order valence-electron chi connectivity index (χ1n) is 12.7. The molecule has 5 heterocycles. The highest BCUT2D eigenvalue weighted by molar-refractivity contribution is 5.93. The highest BCUT2D eigenvalue weighted by Gasteiger charge is 2.29. The van der Waals surface area contributed by atoms with Crippen LogP contribution in [-0.4, -0.2) is 32.1 Å². The van der Waals surface area contributed by atoms with Crippen LogP contribution in [0.4, 0.5) is 0 Å². The van der Waals surface area contributed by atoms with Gasteiger partial charge in [-0.2, -0.15) is 0 Å². The molecule has 2 aliphatic rings. The van der Waals surface area contributed by atoms with E-state index >= 15 is 0 Å². The quantitative estimate of drug-likeness (QED) is 0.354. The Morgan fingerprint density at radius 2 is 1.08 bits per heavy atom. The van der Waals surface area contributed by atoms with Gasteiger partial charge in [0.05, 0.1) is 6.07 Å². The van der Waals surface area contributed by atoms with E-state index in [1.165, 1.54) is 0 Å². The van der Waals surface area contributed by atoms with Gasteiger partial charge in [0.15, 0.2) is 0 Å². The first-order chi connectivity index (χ1) is 18.1. The molecule has 3 aromatic heterocycles. The maximum atomic E-state index is 11.4. The van der Waals surface area contributed by atoms with Crippen LogP contribution in [0.25, 0.3) is 44.4 Å². The molecule has 8 bridgehead atoms. The molecule has 2 aliphatic heterocycles. The lowest BCUT2D eigenvalue weighted by Gasteiger charge is -1.99.